The highest BCUT2D eigenvalue weighted by Crippen LogP contribution is 2.19. The molecule has 1 amide bonds. The summed E-state index contributed by atoms with van der Waals surface area (Å²) in [6.45, 7) is 4.29. The Morgan fingerprint density at radius 3 is 2.50 bits per heavy atom. The van der Waals surface area contributed by atoms with E-state index in [9.17, 15) is 4.79 Å². The van der Waals surface area contributed by atoms with Crippen LogP contribution in [0.4, 0.5) is 5.69 Å². The summed E-state index contributed by atoms with van der Waals surface area (Å²) < 4.78 is 5.12. The lowest BCUT2D eigenvalue weighted by Gasteiger charge is -2.09. The first kappa shape index (κ1) is 16.1. The number of methoxy groups -OCH3 is 1. The summed E-state index contributed by atoms with van der Waals surface area (Å²) in [4.78, 5) is 12.1. The van der Waals surface area contributed by atoms with Crippen LogP contribution in [0.3, 0.4) is 0 Å². The number of benzene rings is 2. The van der Waals surface area contributed by atoms with E-state index >= 15 is 0 Å². The smallest absolute Gasteiger partial charge is 0.224 e. The number of rotatable bonds is 6. The summed E-state index contributed by atoms with van der Waals surface area (Å²) in [5.74, 6) is 1.33. The van der Waals surface area contributed by atoms with Crippen molar-refractivity contribution < 1.29 is 9.53 Å². The van der Waals surface area contributed by atoms with Gasteiger partial charge in [-0.25, -0.2) is 0 Å². The minimum Gasteiger partial charge on any atom is -0.497 e. The molecule has 0 saturated carbocycles. The molecule has 0 heterocycles. The molecule has 116 valence electrons. The lowest BCUT2D eigenvalue weighted by atomic mass is 10.0. The Hall–Kier alpha value is -2.29. The van der Waals surface area contributed by atoms with E-state index in [1.165, 1.54) is 5.56 Å². The third-order valence-electron chi connectivity index (χ3n) is 3.64. The zero-order valence-corrected chi connectivity index (χ0v) is 13.4. The van der Waals surface area contributed by atoms with E-state index in [2.05, 4.69) is 25.2 Å². The molecular formula is C19H23NO2. The van der Waals surface area contributed by atoms with Gasteiger partial charge in [0.2, 0.25) is 5.91 Å². The maximum Gasteiger partial charge on any atom is 0.224 e. The standard InChI is InChI=1S/C19H23NO2/c1-14(2)16-5-4-6-17(13-16)20-19(21)12-9-15-7-10-18(22-3)11-8-15/h4-8,10-11,13-14H,9,12H2,1-3H3,(H,20,21). The van der Waals surface area contributed by atoms with Crippen LogP contribution in [0.5, 0.6) is 5.75 Å². The van der Waals surface area contributed by atoms with E-state index in [-0.39, 0.29) is 5.91 Å². The number of amides is 1. The van der Waals surface area contributed by atoms with Crippen molar-refractivity contribution in [1.82, 2.24) is 0 Å². The summed E-state index contributed by atoms with van der Waals surface area (Å²) in [7, 11) is 1.65. The van der Waals surface area contributed by atoms with E-state index < -0.39 is 0 Å². The molecule has 1 N–H and O–H groups in total. The van der Waals surface area contributed by atoms with Gasteiger partial charge >= 0.3 is 0 Å². The SMILES string of the molecule is COc1ccc(CCC(=O)Nc2cccc(C(C)C)c2)cc1. The molecule has 0 aliphatic heterocycles. The second kappa shape index (κ2) is 7.64. The predicted octanol–water partition coefficient (Wildman–Crippen LogP) is 4.39. The van der Waals surface area contributed by atoms with Crippen molar-refractivity contribution in [2.24, 2.45) is 0 Å². The third kappa shape index (κ3) is 4.62. The van der Waals surface area contributed by atoms with Crippen molar-refractivity contribution in [2.75, 3.05) is 12.4 Å². The van der Waals surface area contributed by atoms with Gasteiger partial charge in [0, 0.05) is 12.1 Å². The molecular weight excluding hydrogens is 274 g/mol. The number of nitrogens with one attached hydrogen (secondary N) is 1. The molecule has 0 unspecified atom stereocenters. The second-order valence-electron chi connectivity index (χ2n) is 5.68. The molecule has 3 heteroatoms. The van der Waals surface area contributed by atoms with Crippen LogP contribution in [-0.4, -0.2) is 13.0 Å². The number of carbonyl (C=O) groups is 1. The van der Waals surface area contributed by atoms with Gasteiger partial charge in [0.25, 0.3) is 0 Å². The number of hydrogen-bond acceptors (Lipinski definition) is 2. The highest BCUT2D eigenvalue weighted by molar-refractivity contribution is 5.90. The van der Waals surface area contributed by atoms with Crippen LogP contribution in [0.25, 0.3) is 0 Å². The van der Waals surface area contributed by atoms with Gasteiger partial charge in [-0.15, -0.1) is 0 Å². The van der Waals surface area contributed by atoms with Crippen LogP contribution >= 0.6 is 0 Å². The zero-order chi connectivity index (χ0) is 15.9. The van der Waals surface area contributed by atoms with E-state index in [1.807, 2.05) is 42.5 Å². The largest absolute Gasteiger partial charge is 0.497 e. The number of hydrogen-bond donors (Lipinski definition) is 1. The van der Waals surface area contributed by atoms with Crippen LogP contribution in [0.15, 0.2) is 48.5 Å². The summed E-state index contributed by atoms with van der Waals surface area (Å²) in [6.07, 6.45) is 1.19. The van der Waals surface area contributed by atoms with Crippen LogP contribution in [0.1, 0.15) is 37.3 Å². The Kier molecular flexibility index (Phi) is 5.59. The van der Waals surface area contributed by atoms with Crippen molar-refractivity contribution in [2.45, 2.75) is 32.6 Å². The molecule has 0 saturated heterocycles. The number of aryl methyl sites for hydroxylation is 1. The lowest BCUT2D eigenvalue weighted by molar-refractivity contribution is -0.116. The van der Waals surface area contributed by atoms with Gasteiger partial charge in [0.15, 0.2) is 0 Å². The van der Waals surface area contributed by atoms with Gasteiger partial charge in [-0.1, -0.05) is 38.1 Å². The number of carbonyl (C=O) groups excluding carboxylic acids is 1. The fourth-order valence-corrected chi connectivity index (χ4v) is 2.25. The highest BCUT2D eigenvalue weighted by atomic mass is 16.5. The molecule has 2 rings (SSSR count). The molecule has 22 heavy (non-hydrogen) atoms. The van der Waals surface area contributed by atoms with Gasteiger partial charge < -0.3 is 10.1 Å². The normalized spacial score (nSPS) is 10.5. The first-order chi connectivity index (χ1) is 10.6. The van der Waals surface area contributed by atoms with Crippen molar-refractivity contribution in [3.8, 4) is 5.75 Å². The Labute approximate surface area is 132 Å². The molecule has 0 bridgehead atoms. The minimum atomic E-state index is 0.0386. The van der Waals surface area contributed by atoms with E-state index in [4.69, 9.17) is 4.74 Å². The first-order valence-electron chi connectivity index (χ1n) is 7.61. The van der Waals surface area contributed by atoms with E-state index in [0.29, 0.717) is 12.3 Å². The molecule has 0 aromatic heterocycles. The minimum absolute atomic E-state index is 0.0386. The number of anilines is 1. The average molecular weight is 297 g/mol. The Bertz CT molecular complexity index is 618. The summed E-state index contributed by atoms with van der Waals surface area (Å²) >= 11 is 0. The van der Waals surface area contributed by atoms with Crippen LogP contribution < -0.4 is 10.1 Å². The molecule has 2 aromatic rings. The van der Waals surface area contributed by atoms with Gasteiger partial charge in [-0.05, 0) is 47.7 Å². The molecule has 0 radical (unpaired) electrons. The zero-order valence-electron chi connectivity index (χ0n) is 13.4. The van der Waals surface area contributed by atoms with Crippen molar-refractivity contribution in [1.29, 1.82) is 0 Å². The molecule has 3 nitrogen and oxygen atoms in total. The Morgan fingerprint density at radius 1 is 1.14 bits per heavy atom. The molecule has 0 spiro atoms. The molecule has 0 aliphatic rings. The molecule has 0 atom stereocenters. The van der Waals surface area contributed by atoms with Gasteiger partial charge in [-0.2, -0.15) is 0 Å². The number of ether oxygens (including phenoxy) is 1. The Balaban J connectivity index is 1.88. The fraction of sp³-hybridized carbons (Fsp3) is 0.316. The topological polar surface area (TPSA) is 38.3 Å². The monoisotopic (exact) mass is 297 g/mol. The second-order valence-corrected chi connectivity index (χ2v) is 5.68. The molecule has 0 fully saturated rings. The fourth-order valence-electron chi connectivity index (χ4n) is 2.25. The maximum atomic E-state index is 12.1. The van der Waals surface area contributed by atoms with Crippen molar-refractivity contribution in [3.63, 3.8) is 0 Å². The Morgan fingerprint density at radius 2 is 1.86 bits per heavy atom. The third-order valence-corrected chi connectivity index (χ3v) is 3.64. The summed E-state index contributed by atoms with van der Waals surface area (Å²) in [5.41, 5.74) is 3.23. The van der Waals surface area contributed by atoms with Crippen molar-refractivity contribution in [3.05, 3.63) is 59.7 Å². The van der Waals surface area contributed by atoms with E-state index in [1.54, 1.807) is 7.11 Å². The van der Waals surface area contributed by atoms with Gasteiger partial charge in [0.05, 0.1) is 7.11 Å². The summed E-state index contributed by atoms with van der Waals surface area (Å²) in [5, 5.41) is 2.97. The lowest BCUT2D eigenvalue weighted by Crippen LogP contribution is -2.12. The van der Waals surface area contributed by atoms with Crippen LogP contribution in [-0.2, 0) is 11.2 Å². The van der Waals surface area contributed by atoms with Gasteiger partial charge in [-0.3, -0.25) is 4.79 Å². The highest BCUT2D eigenvalue weighted by Gasteiger charge is 2.05. The van der Waals surface area contributed by atoms with Crippen molar-refractivity contribution >= 4 is 11.6 Å². The first-order valence-corrected chi connectivity index (χ1v) is 7.61. The quantitative estimate of drug-likeness (QED) is 0.858. The van der Waals surface area contributed by atoms with Gasteiger partial charge in [0.1, 0.15) is 5.75 Å². The molecule has 2 aromatic carbocycles. The summed E-state index contributed by atoms with van der Waals surface area (Å²) in [6, 6.07) is 15.8. The maximum absolute atomic E-state index is 12.1. The van der Waals surface area contributed by atoms with E-state index in [0.717, 1.165) is 23.4 Å². The predicted molar refractivity (Wildman–Crippen MR) is 90.5 cm³/mol. The average Bonchev–Trinajstić information content (AvgIpc) is 2.53. The molecule has 0 aliphatic carbocycles. The van der Waals surface area contributed by atoms with Crippen LogP contribution in [0.2, 0.25) is 0 Å². The van der Waals surface area contributed by atoms with Crippen LogP contribution in [0, 0.1) is 0 Å².